The van der Waals surface area contributed by atoms with Crippen LogP contribution in [0, 0.1) is 18.2 Å². The maximum atomic E-state index is 13.1. The third-order valence-electron chi connectivity index (χ3n) is 6.29. The number of nitrogens with one attached hydrogen (secondary N) is 2. The molecule has 10 nitrogen and oxygen atoms in total. The Balaban J connectivity index is 1.31. The van der Waals surface area contributed by atoms with E-state index in [4.69, 9.17) is 14.2 Å². The summed E-state index contributed by atoms with van der Waals surface area (Å²) in [5.74, 6) is 0.146. The van der Waals surface area contributed by atoms with Crippen molar-refractivity contribution in [2.24, 2.45) is 5.41 Å². The largest absolute Gasteiger partial charge is 0.491 e. The highest BCUT2D eigenvalue weighted by Gasteiger charge is 2.56. The van der Waals surface area contributed by atoms with E-state index in [1.165, 1.54) is 44.7 Å². The number of aromatic nitrogens is 3. The first-order valence-corrected chi connectivity index (χ1v) is 11.7. The van der Waals surface area contributed by atoms with E-state index < -0.39 is 23.0 Å². The predicted octanol–water partition coefficient (Wildman–Crippen LogP) is 4.64. The van der Waals surface area contributed by atoms with Crippen molar-refractivity contribution in [3.63, 3.8) is 0 Å². The zero-order chi connectivity index (χ0) is 26.9. The first-order valence-electron chi connectivity index (χ1n) is 11.7. The molecule has 11 heteroatoms. The molecular weight excluding hydrogens is 493 g/mol. The van der Waals surface area contributed by atoms with Crippen LogP contribution in [0.4, 0.5) is 15.8 Å². The summed E-state index contributed by atoms with van der Waals surface area (Å²) in [6.45, 7) is 1.79. The lowest BCUT2D eigenvalue weighted by atomic mass is 10.0. The quantitative estimate of drug-likeness (QED) is 0.324. The van der Waals surface area contributed by atoms with Crippen molar-refractivity contribution in [2.75, 3.05) is 24.9 Å². The summed E-state index contributed by atoms with van der Waals surface area (Å²) in [7, 11) is 3.01. The molecule has 38 heavy (non-hydrogen) atoms. The number of halogens is 1. The van der Waals surface area contributed by atoms with Crippen LogP contribution in [0.15, 0.2) is 54.9 Å². The Morgan fingerprint density at radius 1 is 0.947 bits per heavy atom. The third kappa shape index (κ3) is 4.77. The first-order chi connectivity index (χ1) is 18.3. The van der Waals surface area contributed by atoms with Crippen LogP contribution in [0.25, 0.3) is 11.0 Å². The van der Waals surface area contributed by atoms with Crippen molar-refractivity contribution in [3.05, 3.63) is 66.2 Å². The number of amides is 2. The summed E-state index contributed by atoms with van der Waals surface area (Å²) in [6.07, 6.45) is 3.88. The van der Waals surface area contributed by atoms with Gasteiger partial charge in [0.25, 0.3) is 5.88 Å². The molecule has 0 saturated heterocycles. The molecular formula is C27H24FN5O5. The normalized spacial score (nSPS) is 13.5. The maximum absolute atomic E-state index is 13.1. The van der Waals surface area contributed by atoms with Crippen LogP contribution in [0.3, 0.4) is 0 Å². The van der Waals surface area contributed by atoms with Gasteiger partial charge in [0.15, 0.2) is 11.5 Å². The number of aryl methyl sites for hydroxylation is 1. The fourth-order valence-electron chi connectivity index (χ4n) is 3.92. The van der Waals surface area contributed by atoms with E-state index >= 15 is 0 Å². The topological polar surface area (TPSA) is 125 Å². The smallest absolute Gasteiger partial charge is 0.257 e. The Bertz CT molecular complexity index is 1540. The van der Waals surface area contributed by atoms with E-state index in [1.54, 1.807) is 31.3 Å². The highest BCUT2D eigenvalue weighted by Crippen LogP contribution is 2.47. The monoisotopic (exact) mass is 517 g/mol. The molecule has 1 saturated carbocycles. The zero-order valence-electron chi connectivity index (χ0n) is 20.9. The zero-order valence-corrected chi connectivity index (χ0v) is 20.9. The summed E-state index contributed by atoms with van der Waals surface area (Å²) in [4.78, 5) is 38.9. The minimum Gasteiger partial charge on any atom is -0.491 e. The Kier molecular flexibility index (Phi) is 6.50. The number of methoxy groups -OCH3 is 2. The lowest BCUT2D eigenvalue weighted by molar-refractivity contribution is -0.131. The number of nitrogens with zero attached hydrogens (tertiary/aromatic N) is 3. The molecule has 5 rings (SSSR count). The Labute approximate surface area is 217 Å². The first kappa shape index (κ1) is 24.9. The Morgan fingerprint density at radius 2 is 1.68 bits per heavy atom. The van der Waals surface area contributed by atoms with Crippen LogP contribution in [0.5, 0.6) is 23.3 Å². The summed E-state index contributed by atoms with van der Waals surface area (Å²) in [6, 6.07) is 10.4. The molecule has 0 radical (unpaired) electrons. The number of hydrogen-bond donors (Lipinski definition) is 2. The van der Waals surface area contributed by atoms with Gasteiger partial charge in [-0.2, -0.15) is 0 Å². The van der Waals surface area contributed by atoms with Crippen molar-refractivity contribution in [3.8, 4) is 23.3 Å². The van der Waals surface area contributed by atoms with Gasteiger partial charge in [-0.1, -0.05) is 0 Å². The standard InChI is InChI=1S/C27H24FN5O5/c1-15-12-22(38-20-8-11-29-18-13-21(36-2)24(37-3)33-23(18)20)30-14-19(15)32-26(35)27(9-10-27)25(34)31-17-6-4-16(28)5-7-17/h4-8,11-14H,9-10H2,1-3H3,(H,31,34)(H,32,35). The second-order valence-electron chi connectivity index (χ2n) is 8.81. The van der Waals surface area contributed by atoms with E-state index in [1.807, 2.05) is 0 Å². The Morgan fingerprint density at radius 3 is 2.34 bits per heavy atom. The van der Waals surface area contributed by atoms with Gasteiger partial charge in [0, 0.05) is 30.1 Å². The highest BCUT2D eigenvalue weighted by atomic mass is 19.1. The maximum Gasteiger partial charge on any atom is 0.257 e. The van der Waals surface area contributed by atoms with Gasteiger partial charge in [-0.05, 0) is 49.6 Å². The summed E-state index contributed by atoms with van der Waals surface area (Å²) >= 11 is 0. The molecule has 1 fully saturated rings. The average Bonchev–Trinajstić information content (AvgIpc) is 3.73. The van der Waals surface area contributed by atoms with E-state index in [2.05, 4.69) is 25.6 Å². The number of benzene rings is 1. The van der Waals surface area contributed by atoms with Gasteiger partial charge >= 0.3 is 0 Å². The number of hydrogen-bond acceptors (Lipinski definition) is 8. The summed E-state index contributed by atoms with van der Waals surface area (Å²) in [5, 5.41) is 5.50. The SMILES string of the molecule is COc1cc2nccc(Oc3cc(C)c(NC(=O)C4(C(=O)Nc5ccc(F)cc5)CC4)cn3)c2nc1OC. The number of pyridine rings is 3. The van der Waals surface area contributed by atoms with Crippen molar-refractivity contribution >= 4 is 34.2 Å². The fourth-order valence-corrected chi connectivity index (χ4v) is 3.92. The summed E-state index contributed by atoms with van der Waals surface area (Å²) in [5.41, 5.74) is 1.39. The Hall–Kier alpha value is -4.80. The number of fused-ring (bicyclic) bond motifs is 1. The predicted molar refractivity (Wildman–Crippen MR) is 137 cm³/mol. The molecule has 3 heterocycles. The molecule has 2 amide bonds. The molecule has 2 N–H and O–H groups in total. The molecule has 0 atom stereocenters. The highest BCUT2D eigenvalue weighted by molar-refractivity contribution is 6.17. The molecule has 0 bridgehead atoms. The molecule has 0 spiro atoms. The molecule has 0 unspecified atom stereocenters. The van der Waals surface area contributed by atoms with Crippen LogP contribution < -0.4 is 24.8 Å². The van der Waals surface area contributed by atoms with Crippen molar-refractivity contribution in [1.29, 1.82) is 0 Å². The van der Waals surface area contributed by atoms with E-state index in [9.17, 15) is 14.0 Å². The van der Waals surface area contributed by atoms with Gasteiger partial charge in [0.2, 0.25) is 17.7 Å². The number of anilines is 2. The van der Waals surface area contributed by atoms with Crippen molar-refractivity contribution in [1.82, 2.24) is 15.0 Å². The molecule has 1 aliphatic rings. The molecule has 0 aliphatic heterocycles. The third-order valence-corrected chi connectivity index (χ3v) is 6.29. The van der Waals surface area contributed by atoms with Gasteiger partial charge in [0.05, 0.1) is 31.6 Å². The van der Waals surface area contributed by atoms with Crippen molar-refractivity contribution < 1.29 is 28.2 Å². The molecule has 4 aromatic rings. The number of ether oxygens (including phenoxy) is 3. The van der Waals surface area contributed by atoms with Crippen molar-refractivity contribution in [2.45, 2.75) is 19.8 Å². The van der Waals surface area contributed by atoms with Gasteiger partial charge in [-0.15, -0.1) is 0 Å². The van der Waals surface area contributed by atoms with E-state index in [-0.39, 0.29) is 11.8 Å². The van der Waals surface area contributed by atoms with Crippen LogP contribution in [-0.2, 0) is 9.59 Å². The van der Waals surface area contributed by atoms with Gasteiger partial charge < -0.3 is 24.8 Å². The van der Waals surface area contributed by atoms with Gasteiger partial charge in [0.1, 0.15) is 16.7 Å². The van der Waals surface area contributed by atoms with Crippen LogP contribution in [0.1, 0.15) is 18.4 Å². The summed E-state index contributed by atoms with van der Waals surface area (Å²) < 4.78 is 29.7. The number of rotatable bonds is 8. The molecule has 3 aromatic heterocycles. The lowest BCUT2D eigenvalue weighted by Crippen LogP contribution is -2.35. The van der Waals surface area contributed by atoms with Crippen LogP contribution in [0.2, 0.25) is 0 Å². The second-order valence-corrected chi connectivity index (χ2v) is 8.81. The molecule has 194 valence electrons. The van der Waals surface area contributed by atoms with E-state index in [0.717, 1.165) is 0 Å². The van der Waals surface area contributed by atoms with Gasteiger partial charge in [-0.25, -0.2) is 14.4 Å². The lowest BCUT2D eigenvalue weighted by Gasteiger charge is -2.17. The number of carbonyl (C=O) groups is 2. The molecule has 1 aromatic carbocycles. The van der Waals surface area contributed by atoms with Crippen LogP contribution in [-0.4, -0.2) is 41.0 Å². The fraction of sp³-hybridized carbons (Fsp3) is 0.222. The van der Waals surface area contributed by atoms with E-state index in [0.29, 0.717) is 52.3 Å². The van der Waals surface area contributed by atoms with Gasteiger partial charge in [-0.3, -0.25) is 14.6 Å². The minimum absolute atomic E-state index is 0.278. The average molecular weight is 518 g/mol. The second kappa shape index (κ2) is 9.92. The molecule has 1 aliphatic carbocycles. The minimum atomic E-state index is -1.18. The van der Waals surface area contributed by atoms with Crippen LogP contribution >= 0.6 is 0 Å². The number of carbonyl (C=O) groups excluding carboxylic acids is 2.